The van der Waals surface area contributed by atoms with Crippen LogP contribution < -0.4 is 19.7 Å². The molecule has 2 aromatic carbocycles. The predicted molar refractivity (Wildman–Crippen MR) is 256 cm³/mol. The van der Waals surface area contributed by atoms with Gasteiger partial charge in [-0.05, 0) is 117 Å². The summed E-state index contributed by atoms with van der Waals surface area (Å²) in [6.07, 6.45) is 11.8. The smallest absolute Gasteiger partial charge is 0.312 e. The summed E-state index contributed by atoms with van der Waals surface area (Å²) in [6.45, 7) is 14.2. The molecule has 15 nitrogen and oxygen atoms in total. The maximum atomic E-state index is 14.8. The van der Waals surface area contributed by atoms with Gasteiger partial charge in [0, 0.05) is 62.8 Å². The fourth-order valence-corrected chi connectivity index (χ4v) is 11.8. The van der Waals surface area contributed by atoms with E-state index in [9.17, 15) is 32.8 Å². The number of ether oxygens (including phenoxy) is 1. The average Bonchev–Trinajstić information content (AvgIpc) is 3.93. The number of aromatic nitrogens is 3. The molecule has 0 bridgehead atoms. The summed E-state index contributed by atoms with van der Waals surface area (Å²) >= 11 is 0. The van der Waals surface area contributed by atoms with Crippen LogP contribution in [0.15, 0.2) is 78.5 Å². The van der Waals surface area contributed by atoms with Gasteiger partial charge in [-0.15, -0.1) is 0 Å². The van der Waals surface area contributed by atoms with Crippen molar-refractivity contribution >= 4 is 50.2 Å². The Labute approximate surface area is 390 Å². The molecule has 67 heavy (non-hydrogen) atoms. The largest absolute Gasteiger partial charge is 0.454 e. The number of likely N-dealkylation sites (tertiary alicyclic amines) is 1. The summed E-state index contributed by atoms with van der Waals surface area (Å²) in [6, 6.07) is 16.7. The minimum Gasteiger partial charge on any atom is -0.454 e. The monoisotopic (exact) mass is 934 g/mol. The number of sulfonamides is 1. The molecule has 4 N–H and O–H groups in total. The van der Waals surface area contributed by atoms with Crippen LogP contribution in [-0.4, -0.2) is 88.6 Å². The van der Waals surface area contributed by atoms with E-state index in [2.05, 4.69) is 79.5 Å². The molecule has 9 rings (SSSR count). The van der Waals surface area contributed by atoms with Gasteiger partial charge >= 0.3 is 5.69 Å². The van der Waals surface area contributed by atoms with Crippen molar-refractivity contribution in [2.75, 3.05) is 42.9 Å². The van der Waals surface area contributed by atoms with Gasteiger partial charge in [0.1, 0.15) is 27.8 Å². The molecule has 4 aliphatic rings. The number of carbonyl (C=O) groups excluding carboxylic acids is 1. The van der Waals surface area contributed by atoms with Crippen LogP contribution in [0.5, 0.6) is 11.5 Å². The van der Waals surface area contributed by atoms with E-state index in [-0.39, 0.29) is 50.9 Å². The Morgan fingerprint density at radius 3 is 2.54 bits per heavy atom. The van der Waals surface area contributed by atoms with E-state index in [4.69, 9.17) is 4.74 Å². The maximum absolute atomic E-state index is 14.8. The van der Waals surface area contributed by atoms with Crippen molar-refractivity contribution in [2.45, 2.75) is 107 Å². The first kappa shape index (κ1) is 46.2. The summed E-state index contributed by atoms with van der Waals surface area (Å²) in [5, 5.41) is 25.6. The first-order chi connectivity index (χ1) is 32.0. The van der Waals surface area contributed by atoms with Crippen molar-refractivity contribution in [1.82, 2.24) is 24.6 Å². The minimum absolute atomic E-state index is 0.0117. The number of nitrogens with one attached hydrogen (secondary N) is 3. The highest BCUT2D eigenvalue weighted by Gasteiger charge is 2.49. The van der Waals surface area contributed by atoms with E-state index in [1.54, 1.807) is 19.1 Å². The highest BCUT2D eigenvalue weighted by atomic mass is 32.2. The average molecular weight is 935 g/mol. The molecular weight excluding hydrogens is 876 g/mol. The third-order valence-electron chi connectivity index (χ3n) is 14.8. The van der Waals surface area contributed by atoms with Crippen molar-refractivity contribution < 1.29 is 32.4 Å². The number of anilines is 2. The lowest BCUT2D eigenvalue weighted by Crippen LogP contribution is -2.63. The number of nitro groups is 1. The zero-order chi connectivity index (χ0) is 47.3. The van der Waals surface area contributed by atoms with Crippen LogP contribution in [0.25, 0.3) is 17.1 Å². The summed E-state index contributed by atoms with van der Waals surface area (Å²) in [5.74, 6) is -0.488. The fraction of sp³-hybridized carbons (Fsp3) is 0.460. The van der Waals surface area contributed by atoms with E-state index in [1.165, 1.54) is 54.8 Å². The molecule has 1 amide bonds. The standard InChI is InChI=1S/C50H59FN8O7S/c1-5-41-45(25-39-40(51)28-54-46(39)55-41)66-44-23-33(57-21-19-50(20-22-57)29-58(30-50)42-12-8-11-37(42)36-10-7-6-9-35(36)31(2)3)13-14-38(44)48(60)56-67(64,65)34-24-43(59(62)63)47(53-27-34)52-26-32-15-17-49(4,61)18-16-32/h5-7,9-10,13-14,23-25,27-28,31-32,37,42,61H,1,8,11-12,15-22,26,29-30H2,2-4H3,(H,52,53)(H,54,55)(H,56,60)/t32?,37-,42-,49?/m1/s1. The molecule has 1 spiro atoms. The highest BCUT2D eigenvalue weighted by Crippen LogP contribution is 2.49. The molecule has 5 aromatic rings. The van der Waals surface area contributed by atoms with Crippen LogP contribution >= 0.6 is 0 Å². The van der Waals surface area contributed by atoms with Crippen molar-refractivity contribution in [2.24, 2.45) is 11.3 Å². The van der Waals surface area contributed by atoms with E-state index in [0.29, 0.717) is 37.3 Å². The lowest BCUT2D eigenvalue weighted by Gasteiger charge is -2.57. The Morgan fingerprint density at radius 1 is 1.07 bits per heavy atom. The summed E-state index contributed by atoms with van der Waals surface area (Å²) in [5.41, 5.74) is 2.98. The Hall–Kier alpha value is -5.91. The number of rotatable bonds is 14. The van der Waals surface area contributed by atoms with Crippen LogP contribution in [0, 0.1) is 27.3 Å². The molecule has 354 valence electrons. The Bertz CT molecular complexity index is 2810. The number of hydrogen-bond donors (Lipinski definition) is 4. The van der Waals surface area contributed by atoms with E-state index < -0.39 is 42.9 Å². The molecular formula is C50H59FN8O7S. The number of halogens is 1. The normalized spacial score (nSPS) is 23.0. The van der Waals surface area contributed by atoms with E-state index >= 15 is 0 Å². The summed E-state index contributed by atoms with van der Waals surface area (Å²) in [7, 11) is -4.71. The van der Waals surface area contributed by atoms with Gasteiger partial charge in [-0.2, -0.15) is 0 Å². The van der Waals surface area contributed by atoms with Gasteiger partial charge in [0.15, 0.2) is 5.75 Å². The van der Waals surface area contributed by atoms with Crippen molar-refractivity contribution in [3.63, 3.8) is 0 Å². The number of nitrogens with zero attached hydrogens (tertiary/aromatic N) is 5. The number of carbonyl (C=O) groups is 1. The fourth-order valence-electron chi connectivity index (χ4n) is 10.9. The first-order valence-corrected chi connectivity index (χ1v) is 24.9. The molecule has 17 heteroatoms. The summed E-state index contributed by atoms with van der Waals surface area (Å²) < 4.78 is 50.8. The topological polar surface area (TPSA) is 196 Å². The molecule has 2 aliphatic heterocycles. The Balaban J connectivity index is 0.928. The quantitative estimate of drug-likeness (QED) is 0.0610. The molecule has 5 heterocycles. The Morgan fingerprint density at radius 2 is 1.82 bits per heavy atom. The van der Waals surface area contributed by atoms with E-state index in [1.807, 2.05) is 0 Å². The number of H-pyrrole nitrogens is 1. The number of pyridine rings is 2. The minimum atomic E-state index is -4.71. The van der Waals surface area contributed by atoms with Crippen LogP contribution in [0.1, 0.15) is 118 Å². The molecule has 3 aromatic heterocycles. The number of aromatic amines is 1. The van der Waals surface area contributed by atoms with Crippen molar-refractivity contribution in [3.05, 3.63) is 112 Å². The lowest BCUT2D eigenvalue weighted by molar-refractivity contribution is -0.384. The van der Waals surface area contributed by atoms with Gasteiger partial charge in [-0.25, -0.2) is 27.5 Å². The number of amides is 1. The highest BCUT2D eigenvalue weighted by molar-refractivity contribution is 7.90. The zero-order valence-electron chi connectivity index (χ0n) is 38.3. The van der Waals surface area contributed by atoms with Crippen LogP contribution in [0.3, 0.4) is 0 Å². The summed E-state index contributed by atoms with van der Waals surface area (Å²) in [4.78, 5) is 41.2. The van der Waals surface area contributed by atoms with Gasteiger partial charge in [0.05, 0.1) is 27.7 Å². The second-order valence-electron chi connectivity index (χ2n) is 19.7. The molecule has 0 unspecified atom stereocenters. The number of aliphatic hydroxyl groups is 1. The maximum Gasteiger partial charge on any atom is 0.312 e. The van der Waals surface area contributed by atoms with Gasteiger partial charge in [-0.1, -0.05) is 51.1 Å². The molecule has 2 saturated heterocycles. The first-order valence-electron chi connectivity index (χ1n) is 23.4. The number of fused-ring (bicyclic) bond motifs is 1. The third-order valence-corrected chi connectivity index (χ3v) is 16.1. The second kappa shape index (κ2) is 18.3. The van der Waals surface area contributed by atoms with Crippen molar-refractivity contribution in [1.29, 1.82) is 0 Å². The third kappa shape index (κ3) is 9.50. The van der Waals surface area contributed by atoms with Gasteiger partial charge in [0.2, 0.25) is 5.82 Å². The zero-order valence-corrected chi connectivity index (χ0v) is 39.1. The van der Waals surface area contributed by atoms with Gasteiger partial charge in [0.25, 0.3) is 15.9 Å². The molecule has 2 saturated carbocycles. The van der Waals surface area contributed by atoms with Crippen LogP contribution in [0.4, 0.5) is 21.6 Å². The predicted octanol–water partition coefficient (Wildman–Crippen LogP) is 9.27. The lowest BCUT2D eigenvalue weighted by atomic mass is 9.70. The molecule has 2 aliphatic carbocycles. The SMILES string of the molecule is C=Cc1nc2[nH]cc(F)c2cc1Oc1cc(N2CCC3(CC2)CN([C@@H]2CCC[C@@H]2c2ccccc2C(C)C)C3)ccc1C(=O)NS(=O)(=O)c1cnc(NCC2CCC(C)(O)CC2)c([N+](=O)[O-])c1. The van der Waals surface area contributed by atoms with Gasteiger partial charge < -0.3 is 25.0 Å². The van der Waals surface area contributed by atoms with Crippen LogP contribution in [-0.2, 0) is 10.0 Å². The molecule has 4 fully saturated rings. The van der Waals surface area contributed by atoms with E-state index in [0.717, 1.165) is 69.8 Å². The van der Waals surface area contributed by atoms with Crippen LogP contribution in [0.2, 0.25) is 0 Å². The van der Waals surface area contributed by atoms with Crippen molar-refractivity contribution in [3.8, 4) is 11.5 Å². The second-order valence-corrected chi connectivity index (χ2v) is 21.4. The number of piperidine rings is 1. The Kier molecular flexibility index (Phi) is 12.6. The van der Waals surface area contributed by atoms with Gasteiger partial charge in [-0.3, -0.25) is 19.8 Å². The molecule has 0 radical (unpaired) electrons. The number of hydrogen-bond acceptors (Lipinski definition) is 12. The number of benzene rings is 2. The molecule has 2 atom stereocenters.